The minimum Gasteiger partial charge on any atom is -0.0654 e. The molecule has 0 heterocycles. The molecule has 0 aromatic heterocycles. The summed E-state index contributed by atoms with van der Waals surface area (Å²) in [6.45, 7) is 9.55. The number of hydrogen-bond donors (Lipinski definition) is 0. The fourth-order valence-electron chi connectivity index (χ4n) is 3.35. The third-order valence-corrected chi connectivity index (χ3v) is 4.19. The zero-order valence-corrected chi connectivity index (χ0v) is 11.3. The molecule has 3 unspecified atom stereocenters. The standard InChI is InChI=1S/C15H30/c1-5-6-7-15-9-8-14(10-12(2)3)11-13(15)4/h12-15H,5-11H2,1-4H3. The van der Waals surface area contributed by atoms with Gasteiger partial charge in [-0.3, -0.25) is 0 Å². The van der Waals surface area contributed by atoms with E-state index in [1.165, 1.54) is 44.9 Å². The number of hydrogen-bond acceptors (Lipinski definition) is 0. The maximum Gasteiger partial charge on any atom is -0.0388 e. The molecule has 15 heavy (non-hydrogen) atoms. The van der Waals surface area contributed by atoms with E-state index < -0.39 is 0 Å². The van der Waals surface area contributed by atoms with Crippen molar-refractivity contribution in [2.45, 2.75) is 72.6 Å². The zero-order chi connectivity index (χ0) is 11.3. The van der Waals surface area contributed by atoms with Gasteiger partial charge >= 0.3 is 0 Å². The summed E-state index contributed by atoms with van der Waals surface area (Å²) < 4.78 is 0. The van der Waals surface area contributed by atoms with E-state index in [4.69, 9.17) is 0 Å². The molecule has 0 N–H and O–H groups in total. The van der Waals surface area contributed by atoms with E-state index in [-0.39, 0.29) is 0 Å². The van der Waals surface area contributed by atoms with Gasteiger partial charge in [-0.05, 0) is 42.9 Å². The average molecular weight is 210 g/mol. The highest BCUT2D eigenvalue weighted by atomic mass is 14.3. The number of rotatable bonds is 5. The highest BCUT2D eigenvalue weighted by Gasteiger charge is 2.27. The van der Waals surface area contributed by atoms with Gasteiger partial charge in [-0.25, -0.2) is 0 Å². The zero-order valence-electron chi connectivity index (χ0n) is 11.3. The largest absolute Gasteiger partial charge is 0.0654 e. The molecule has 1 fully saturated rings. The maximum absolute atomic E-state index is 2.49. The van der Waals surface area contributed by atoms with E-state index >= 15 is 0 Å². The van der Waals surface area contributed by atoms with Gasteiger partial charge in [-0.15, -0.1) is 0 Å². The molecule has 0 radical (unpaired) electrons. The molecule has 0 bridgehead atoms. The van der Waals surface area contributed by atoms with Crippen molar-refractivity contribution in [1.29, 1.82) is 0 Å². The fourth-order valence-corrected chi connectivity index (χ4v) is 3.35. The molecule has 0 amide bonds. The molecule has 90 valence electrons. The van der Waals surface area contributed by atoms with Crippen molar-refractivity contribution >= 4 is 0 Å². The van der Waals surface area contributed by atoms with Crippen LogP contribution in [-0.4, -0.2) is 0 Å². The Bertz CT molecular complexity index is 159. The van der Waals surface area contributed by atoms with Gasteiger partial charge in [0.1, 0.15) is 0 Å². The normalized spacial score (nSPS) is 32.2. The van der Waals surface area contributed by atoms with Crippen LogP contribution in [0.4, 0.5) is 0 Å². The Morgan fingerprint density at radius 2 is 1.93 bits per heavy atom. The Balaban J connectivity index is 2.27. The lowest BCUT2D eigenvalue weighted by Crippen LogP contribution is -2.23. The predicted octanol–water partition coefficient (Wildman–Crippen LogP) is 5.28. The second-order valence-corrected chi connectivity index (χ2v) is 6.19. The SMILES string of the molecule is CCCCC1CCC(CC(C)C)CC1C. The topological polar surface area (TPSA) is 0 Å². The summed E-state index contributed by atoms with van der Waals surface area (Å²) >= 11 is 0. The van der Waals surface area contributed by atoms with Gasteiger partial charge in [0, 0.05) is 0 Å². The van der Waals surface area contributed by atoms with Gasteiger partial charge < -0.3 is 0 Å². The van der Waals surface area contributed by atoms with Crippen LogP contribution in [0.3, 0.4) is 0 Å². The molecule has 0 spiro atoms. The highest BCUT2D eigenvalue weighted by molar-refractivity contribution is 4.78. The maximum atomic E-state index is 2.49. The smallest absolute Gasteiger partial charge is 0.0388 e. The molecule has 1 rings (SSSR count). The van der Waals surface area contributed by atoms with Gasteiger partial charge in [0.15, 0.2) is 0 Å². The van der Waals surface area contributed by atoms with Crippen molar-refractivity contribution in [3.8, 4) is 0 Å². The lowest BCUT2D eigenvalue weighted by atomic mass is 9.71. The van der Waals surface area contributed by atoms with Crippen molar-refractivity contribution in [3.63, 3.8) is 0 Å². The lowest BCUT2D eigenvalue weighted by Gasteiger charge is -2.35. The molecule has 1 aliphatic carbocycles. The first-order chi connectivity index (χ1) is 7.13. The van der Waals surface area contributed by atoms with Crippen molar-refractivity contribution in [1.82, 2.24) is 0 Å². The van der Waals surface area contributed by atoms with Crippen LogP contribution in [0.25, 0.3) is 0 Å². The third kappa shape index (κ3) is 4.57. The molecule has 0 aromatic rings. The average Bonchev–Trinajstić information content (AvgIpc) is 2.15. The van der Waals surface area contributed by atoms with Crippen LogP contribution in [0.15, 0.2) is 0 Å². The minimum absolute atomic E-state index is 0.898. The Kier molecular flexibility index (Phi) is 5.71. The second kappa shape index (κ2) is 6.55. The molecular formula is C15H30. The van der Waals surface area contributed by atoms with E-state index in [0.29, 0.717) is 0 Å². The Labute approximate surface area is 96.8 Å². The van der Waals surface area contributed by atoms with Crippen molar-refractivity contribution in [2.75, 3.05) is 0 Å². The molecule has 1 aliphatic rings. The van der Waals surface area contributed by atoms with Gasteiger partial charge in [0.25, 0.3) is 0 Å². The summed E-state index contributed by atoms with van der Waals surface area (Å²) in [7, 11) is 0. The first-order valence-corrected chi connectivity index (χ1v) is 7.13. The van der Waals surface area contributed by atoms with E-state index in [2.05, 4.69) is 27.7 Å². The van der Waals surface area contributed by atoms with E-state index in [9.17, 15) is 0 Å². The molecule has 0 heteroatoms. The van der Waals surface area contributed by atoms with Gasteiger partial charge in [-0.2, -0.15) is 0 Å². The summed E-state index contributed by atoms with van der Waals surface area (Å²) in [5.74, 6) is 3.98. The molecule has 1 saturated carbocycles. The Morgan fingerprint density at radius 3 is 2.47 bits per heavy atom. The first kappa shape index (κ1) is 13.1. The minimum atomic E-state index is 0.898. The monoisotopic (exact) mass is 210 g/mol. The van der Waals surface area contributed by atoms with Gasteiger partial charge in [0.05, 0.1) is 0 Å². The summed E-state index contributed by atoms with van der Waals surface area (Å²) in [6.07, 6.45) is 10.3. The summed E-state index contributed by atoms with van der Waals surface area (Å²) in [5.41, 5.74) is 0. The Morgan fingerprint density at radius 1 is 1.20 bits per heavy atom. The van der Waals surface area contributed by atoms with Crippen LogP contribution in [-0.2, 0) is 0 Å². The molecule has 0 aromatic carbocycles. The molecule has 3 atom stereocenters. The summed E-state index contributed by atoms with van der Waals surface area (Å²) in [6, 6.07) is 0. The van der Waals surface area contributed by atoms with Crippen LogP contribution in [0.1, 0.15) is 72.6 Å². The van der Waals surface area contributed by atoms with E-state index in [0.717, 1.165) is 23.7 Å². The first-order valence-electron chi connectivity index (χ1n) is 7.13. The lowest BCUT2D eigenvalue weighted by molar-refractivity contribution is 0.165. The molecule has 0 nitrogen and oxygen atoms in total. The van der Waals surface area contributed by atoms with Crippen LogP contribution in [0.2, 0.25) is 0 Å². The van der Waals surface area contributed by atoms with Crippen molar-refractivity contribution in [3.05, 3.63) is 0 Å². The quantitative estimate of drug-likeness (QED) is 0.579. The van der Waals surface area contributed by atoms with Gasteiger partial charge in [0.2, 0.25) is 0 Å². The highest BCUT2D eigenvalue weighted by Crippen LogP contribution is 2.38. The summed E-state index contributed by atoms with van der Waals surface area (Å²) in [4.78, 5) is 0. The third-order valence-electron chi connectivity index (χ3n) is 4.19. The summed E-state index contributed by atoms with van der Waals surface area (Å²) in [5, 5.41) is 0. The van der Waals surface area contributed by atoms with E-state index in [1.54, 1.807) is 0 Å². The van der Waals surface area contributed by atoms with Crippen LogP contribution in [0, 0.1) is 23.7 Å². The number of unbranched alkanes of at least 4 members (excludes halogenated alkanes) is 1. The van der Waals surface area contributed by atoms with Crippen LogP contribution >= 0.6 is 0 Å². The van der Waals surface area contributed by atoms with Crippen molar-refractivity contribution in [2.24, 2.45) is 23.7 Å². The van der Waals surface area contributed by atoms with Gasteiger partial charge in [-0.1, -0.05) is 53.4 Å². The van der Waals surface area contributed by atoms with Crippen LogP contribution in [0.5, 0.6) is 0 Å². The van der Waals surface area contributed by atoms with Crippen LogP contribution < -0.4 is 0 Å². The Hall–Kier alpha value is 0. The fraction of sp³-hybridized carbons (Fsp3) is 1.00. The predicted molar refractivity (Wildman–Crippen MR) is 69.0 cm³/mol. The molecule has 0 saturated heterocycles. The van der Waals surface area contributed by atoms with Crippen molar-refractivity contribution < 1.29 is 0 Å². The molecule has 0 aliphatic heterocycles. The molecular weight excluding hydrogens is 180 g/mol. The second-order valence-electron chi connectivity index (χ2n) is 6.19. The van der Waals surface area contributed by atoms with E-state index in [1.807, 2.05) is 0 Å².